The highest BCUT2D eigenvalue weighted by Gasteiger charge is 2.33. The first-order valence-corrected chi connectivity index (χ1v) is 9.88. The lowest BCUT2D eigenvalue weighted by atomic mass is 10.2. The number of carbonyl (C=O) groups is 1. The molecule has 0 unspecified atom stereocenters. The highest BCUT2D eigenvalue weighted by Crippen LogP contribution is 2.30. The van der Waals surface area contributed by atoms with Gasteiger partial charge in [-0.1, -0.05) is 28.1 Å². The summed E-state index contributed by atoms with van der Waals surface area (Å²) in [7, 11) is 0. The molecule has 0 bridgehead atoms. The number of hydrogen-bond acceptors (Lipinski definition) is 4. The van der Waals surface area contributed by atoms with Crippen LogP contribution in [0.4, 0.5) is 0 Å². The smallest absolute Gasteiger partial charge is 0.229 e. The van der Waals surface area contributed by atoms with E-state index in [0.717, 1.165) is 39.3 Å². The lowest BCUT2D eigenvalue weighted by Gasteiger charge is -2.20. The van der Waals surface area contributed by atoms with E-state index in [2.05, 4.69) is 20.9 Å². The van der Waals surface area contributed by atoms with Crippen LogP contribution in [0, 0.1) is 0 Å². The second-order valence-electron chi connectivity index (χ2n) is 6.16. The van der Waals surface area contributed by atoms with Crippen molar-refractivity contribution in [2.24, 2.45) is 0 Å². The summed E-state index contributed by atoms with van der Waals surface area (Å²) in [5.74, 6) is 0.943. The summed E-state index contributed by atoms with van der Waals surface area (Å²) in [6, 6.07) is 12.2. The third-order valence-corrected chi connectivity index (χ3v) is 5.60. The van der Waals surface area contributed by atoms with Gasteiger partial charge in [0, 0.05) is 21.5 Å². The molecule has 0 atom stereocenters. The molecule has 4 nitrogen and oxygen atoms in total. The van der Waals surface area contributed by atoms with E-state index in [1.807, 2.05) is 46.7 Å². The van der Waals surface area contributed by atoms with Crippen LogP contribution in [0.2, 0.25) is 0 Å². The van der Waals surface area contributed by atoms with Crippen molar-refractivity contribution in [1.82, 2.24) is 9.88 Å². The van der Waals surface area contributed by atoms with E-state index in [1.165, 1.54) is 0 Å². The van der Waals surface area contributed by atoms with Gasteiger partial charge in [-0.25, -0.2) is 4.98 Å². The standard InChI is InChI=1S/C19H17BrN2O2S/c20-14-4-1-3-13(9-14)19-21-15(12-25-19)10-18(23)22(16-6-7-16)11-17-5-2-8-24-17/h1-5,8-9,12,16H,6-7,10-11H2. The number of halogens is 1. The molecule has 128 valence electrons. The molecular formula is C19H17BrN2O2S. The highest BCUT2D eigenvalue weighted by molar-refractivity contribution is 9.10. The van der Waals surface area contributed by atoms with Crippen molar-refractivity contribution in [1.29, 1.82) is 0 Å². The summed E-state index contributed by atoms with van der Waals surface area (Å²) in [6.45, 7) is 0.541. The Hall–Kier alpha value is -1.92. The maximum Gasteiger partial charge on any atom is 0.229 e. The number of carbonyl (C=O) groups excluding carboxylic acids is 1. The Bertz CT molecular complexity index is 871. The van der Waals surface area contributed by atoms with Crippen molar-refractivity contribution in [3.05, 3.63) is 64.0 Å². The Balaban J connectivity index is 1.46. The summed E-state index contributed by atoms with van der Waals surface area (Å²) in [4.78, 5) is 19.3. The van der Waals surface area contributed by atoms with Crippen LogP contribution in [0.3, 0.4) is 0 Å². The normalized spacial score (nSPS) is 13.8. The van der Waals surface area contributed by atoms with Gasteiger partial charge >= 0.3 is 0 Å². The van der Waals surface area contributed by atoms with Gasteiger partial charge in [0.25, 0.3) is 0 Å². The minimum absolute atomic E-state index is 0.116. The van der Waals surface area contributed by atoms with Crippen molar-refractivity contribution in [3.8, 4) is 10.6 Å². The monoisotopic (exact) mass is 416 g/mol. The maximum atomic E-state index is 12.8. The van der Waals surface area contributed by atoms with Gasteiger partial charge < -0.3 is 9.32 Å². The molecule has 1 aliphatic carbocycles. The summed E-state index contributed by atoms with van der Waals surface area (Å²) in [5.41, 5.74) is 1.89. The molecule has 0 aliphatic heterocycles. The fourth-order valence-electron chi connectivity index (χ4n) is 2.78. The largest absolute Gasteiger partial charge is 0.467 e. The van der Waals surface area contributed by atoms with Crippen LogP contribution in [-0.2, 0) is 17.8 Å². The average Bonchev–Trinajstić information content (AvgIpc) is 3.11. The first-order valence-electron chi connectivity index (χ1n) is 8.21. The fourth-order valence-corrected chi connectivity index (χ4v) is 3.99. The van der Waals surface area contributed by atoms with Crippen molar-refractivity contribution in [3.63, 3.8) is 0 Å². The summed E-state index contributed by atoms with van der Waals surface area (Å²) < 4.78 is 6.43. The summed E-state index contributed by atoms with van der Waals surface area (Å²) in [5, 5.41) is 2.92. The van der Waals surface area contributed by atoms with Crippen molar-refractivity contribution < 1.29 is 9.21 Å². The molecule has 1 fully saturated rings. The van der Waals surface area contributed by atoms with Crippen LogP contribution in [0.15, 0.2) is 56.9 Å². The van der Waals surface area contributed by atoms with E-state index >= 15 is 0 Å². The van der Waals surface area contributed by atoms with Crippen LogP contribution in [-0.4, -0.2) is 21.8 Å². The Morgan fingerprint density at radius 2 is 2.20 bits per heavy atom. The van der Waals surface area contributed by atoms with Gasteiger partial charge in [-0.3, -0.25) is 4.79 Å². The number of nitrogens with zero attached hydrogens (tertiary/aromatic N) is 2. The molecule has 0 saturated heterocycles. The van der Waals surface area contributed by atoms with Gasteiger partial charge in [-0.2, -0.15) is 0 Å². The van der Waals surface area contributed by atoms with E-state index in [-0.39, 0.29) is 5.91 Å². The first-order chi connectivity index (χ1) is 12.2. The Morgan fingerprint density at radius 3 is 2.92 bits per heavy atom. The zero-order valence-corrected chi connectivity index (χ0v) is 15.9. The lowest BCUT2D eigenvalue weighted by Crippen LogP contribution is -2.33. The Labute approximate surface area is 158 Å². The molecule has 1 aromatic carbocycles. The zero-order valence-electron chi connectivity index (χ0n) is 13.5. The molecule has 1 aliphatic rings. The molecule has 4 rings (SSSR count). The fraction of sp³-hybridized carbons (Fsp3) is 0.263. The third kappa shape index (κ3) is 4.02. The lowest BCUT2D eigenvalue weighted by molar-refractivity contribution is -0.132. The quantitative estimate of drug-likeness (QED) is 0.573. The summed E-state index contributed by atoms with van der Waals surface area (Å²) in [6.07, 6.45) is 4.14. The topological polar surface area (TPSA) is 46.3 Å². The predicted molar refractivity (Wildman–Crippen MR) is 101 cm³/mol. The van der Waals surface area contributed by atoms with E-state index in [4.69, 9.17) is 4.42 Å². The molecule has 0 N–H and O–H groups in total. The maximum absolute atomic E-state index is 12.8. The molecule has 0 radical (unpaired) electrons. The second-order valence-corrected chi connectivity index (χ2v) is 7.94. The SMILES string of the molecule is O=C(Cc1csc(-c2cccc(Br)c2)n1)N(Cc1ccco1)C1CC1. The average molecular weight is 417 g/mol. The van der Waals surface area contributed by atoms with Crippen molar-refractivity contribution in [2.45, 2.75) is 31.8 Å². The van der Waals surface area contributed by atoms with Gasteiger partial charge in [-0.05, 0) is 37.1 Å². The number of thiazole rings is 1. The number of hydrogen-bond donors (Lipinski definition) is 0. The minimum Gasteiger partial charge on any atom is -0.467 e. The van der Waals surface area contributed by atoms with Crippen molar-refractivity contribution >= 4 is 33.2 Å². The second kappa shape index (κ2) is 7.14. The van der Waals surface area contributed by atoms with Gasteiger partial charge in [0.1, 0.15) is 10.8 Å². The van der Waals surface area contributed by atoms with E-state index in [9.17, 15) is 4.79 Å². The Morgan fingerprint density at radius 1 is 1.32 bits per heavy atom. The molecule has 2 heterocycles. The van der Waals surface area contributed by atoms with E-state index in [1.54, 1.807) is 17.6 Å². The zero-order chi connectivity index (χ0) is 17.2. The van der Waals surface area contributed by atoms with Crippen LogP contribution in [0.1, 0.15) is 24.3 Å². The molecule has 25 heavy (non-hydrogen) atoms. The third-order valence-electron chi connectivity index (χ3n) is 4.17. The molecule has 2 aromatic heterocycles. The predicted octanol–water partition coefficient (Wildman–Crippen LogP) is 4.90. The number of aromatic nitrogens is 1. The van der Waals surface area contributed by atoms with Gasteiger partial charge in [-0.15, -0.1) is 11.3 Å². The molecule has 1 saturated carbocycles. The number of benzene rings is 1. The van der Waals surface area contributed by atoms with Crippen LogP contribution in [0.25, 0.3) is 10.6 Å². The molecular weight excluding hydrogens is 400 g/mol. The summed E-state index contributed by atoms with van der Waals surface area (Å²) >= 11 is 5.06. The van der Waals surface area contributed by atoms with Crippen LogP contribution in [0.5, 0.6) is 0 Å². The van der Waals surface area contributed by atoms with Gasteiger partial charge in [0.2, 0.25) is 5.91 Å². The highest BCUT2D eigenvalue weighted by atomic mass is 79.9. The number of furan rings is 1. The van der Waals surface area contributed by atoms with E-state index < -0.39 is 0 Å². The number of rotatable bonds is 6. The first kappa shape index (κ1) is 16.5. The van der Waals surface area contributed by atoms with Crippen LogP contribution < -0.4 is 0 Å². The molecule has 0 spiro atoms. The molecule has 6 heteroatoms. The molecule has 1 amide bonds. The van der Waals surface area contributed by atoms with Crippen molar-refractivity contribution in [2.75, 3.05) is 0 Å². The van der Waals surface area contributed by atoms with Gasteiger partial charge in [0.15, 0.2) is 0 Å². The van der Waals surface area contributed by atoms with E-state index in [0.29, 0.717) is 19.0 Å². The Kier molecular flexibility index (Phi) is 4.72. The molecule has 3 aromatic rings. The van der Waals surface area contributed by atoms with Gasteiger partial charge in [0.05, 0.1) is 24.9 Å². The minimum atomic E-state index is 0.116. The van der Waals surface area contributed by atoms with Crippen LogP contribution >= 0.6 is 27.3 Å². The number of amides is 1.